The van der Waals surface area contributed by atoms with Gasteiger partial charge in [0.15, 0.2) is 0 Å². The first kappa shape index (κ1) is 11.9. The van der Waals surface area contributed by atoms with Gasteiger partial charge in [-0.3, -0.25) is 6.42 Å². The summed E-state index contributed by atoms with van der Waals surface area (Å²) in [6.45, 7) is 0.0233. The fourth-order valence-corrected chi connectivity index (χ4v) is 0.896. The van der Waals surface area contributed by atoms with Crippen LogP contribution in [0.4, 0.5) is 0 Å². The van der Waals surface area contributed by atoms with Gasteiger partial charge in [0.1, 0.15) is 6.10 Å². The van der Waals surface area contributed by atoms with E-state index in [0.29, 0.717) is 0 Å². The van der Waals surface area contributed by atoms with Crippen LogP contribution in [-0.4, -0.2) is 46.8 Å². The maximum atomic E-state index is 9.07. The van der Waals surface area contributed by atoms with Crippen LogP contribution in [0.2, 0.25) is 0 Å². The molecule has 2 unspecified atom stereocenters. The first-order valence-electron chi connectivity index (χ1n) is 3.17. The molecule has 11 heavy (non-hydrogen) atoms. The molecular weight excluding hydrogens is 225 g/mol. The van der Waals surface area contributed by atoms with Crippen LogP contribution in [0.1, 0.15) is 0 Å². The van der Waals surface area contributed by atoms with Crippen LogP contribution in [0.5, 0.6) is 0 Å². The predicted molar refractivity (Wildman–Crippen MR) is 33.1 cm³/mol. The van der Waals surface area contributed by atoms with Gasteiger partial charge in [-0.05, 0) is 6.10 Å². The molecule has 0 bridgehead atoms. The summed E-state index contributed by atoms with van der Waals surface area (Å²) >= 11 is 0. The molecule has 1 fully saturated rings. The quantitative estimate of drug-likeness (QED) is 0.475. The predicted octanol–water partition coefficient (Wildman–Crippen LogP) is -1.70. The smallest absolute Gasteiger partial charge is 0.103 e. The molecule has 1 aliphatic heterocycles. The normalized spacial score (nSPS) is 37.9. The van der Waals surface area contributed by atoms with Crippen molar-refractivity contribution < 1.29 is 52.8 Å². The topological polar surface area (TPSA) is 69.9 Å². The van der Waals surface area contributed by atoms with Gasteiger partial charge in [-0.25, -0.2) is 0 Å². The Kier molecular flexibility index (Phi) is 6.04. The van der Waals surface area contributed by atoms with Crippen molar-refractivity contribution in [3.8, 4) is 0 Å². The molecule has 0 aromatic carbocycles. The Labute approximate surface area is 90.4 Å². The van der Waals surface area contributed by atoms with Gasteiger partial charge in [-0.15, -0.1) is 0 Å². The maximum Gasteiger partial charge on any atom is 0.103 e. The molecule has 0 aromatic heterocycles. The van der Waals surface area contributed by atoms with Crippen LogP contribution in [0, 0.1) is 6.42 Å². The van der Waals surface area contributed by atoms with Crippen LogP contribution >= 0.6 is 0 Å². The molecule has 3 atom stereocenters. The van der Waals surface area contributed by atoms with Gasteiger partial charge in [-0.2, -0.15) is 0 Å². The average molecular weight is 236 g/mol. The van der Waals surface area contributed by atoms with Gasteiger partial charge >= 0.3 is 0 Å². The molecule has 1 heterocycles. The zero-order valence-electron chi connectivity index (χ0n) is 6.05. The molecule has 1 saturated heterocycles. The van der Waals surface area contributed by atoms with Crippen molar-refractivity contribution in [1.82, 2.24) is 0 Å². The van der Waals surface area contributed by atoms with Gasteiger partial charge in [0, 0.05) is 32.7 Å². The minimum Gasteiger partial charge on any atom is -0.422 e. The van der Waals surface area contributed by atoms with Crippen LogP contribution in [0.3, 0.4) is 0 Å². The number of rotatable bonds is 1. The summed E-state index contributed by atoms with van der Waals surface area (Å²) in [4.78, 5) is 0. The monoisotopic (exact) mass is 236 g/mol. The van der Waals surface area contributed by atoms with Crippen molar-refractivity contribution in [2.75, 3.05) is 13.2 Å². The molecule has 0 saturated carbocycles. The van der Waals surface area contributed by atoms with E-state index in [4.69, 9.17) is 20.1 Å². The van der Waals surface area contributed by atoms with E-state index in [1.54, 1.807) is 0 Å². The SMILES string of the molecule is OCC1OC[CH-]C(O)[C@H]1O.[Y]. The molecule has 1 aliphatic rings. The van der Waals surface area contributed by atoms with Gasteiger partial charge in [0.2, 0.25) is 0 Å². The molecular formula is C6H11O4Y-. The first-order valence-corrected chi connectivity index (χ1v) is 3.17. The van der Waals surface area contributed by atoms with Crippen molar-refractivity contribution in [2.24, 2.45) is 0 Å². The molecule has 4 nitrogen and oxygen atoms in total. The Hall–Kier alpha value is 0.944. The van der Waals surface area contributed by atoms with Gasteiger partial charge < -0.3 is 20.1 Å². The van der Waals surface area contributed by atoms with Crippen molar-refractivity contribution in [3.63, 3.8) is 0 Å². The molecule has 0 amide bonds. The minimum absolute atomic E-state index is 0. The summed E-state index contributed by atoms with van der Waals surface area (Å²) in [5.41, 5.74) is 0. The third-order valence-electron chi connectivity index (χ3n) is 1.56. The average Bonchev–Trinajstić information content (AvgIpc) is 1.95. The molecule has 3 N–H and O–H groups in total. The number of aliphatic hydroxyl groups excluding tert-OH is 3. The van der Waals surface area contributed by atoms with Crippen molar-refractivity contribution >= 4 is 0 Å². The molecule has 1 rings (SSSR count). The fraction of sp³-hybridized carbons (Fsp3) is 0.833. The van der Waals surface area contributed by atoms with E-state index in [9.17, 15) is 0 Å². The van der Waals surface area contributed by atoms with E-state index in [1.165, 1.54) is 6.42 Å². The second-order valence-corrected chi connectivity index (χ2v) is 2.27. The van der Waals surface area contributed by atoms with E-state index in [0.717, 1.165) is 0 Å². The van der Waals surface area contributed by atoms with E-state index in [1.807, 2.05) is 0 Å². The minimum atomic E-state index is -0.987. The number of hydrogen-bond donors (Lipinski definition) is 3. The summed E-state index contributed by atoms with van der Waals surface area (Å²) in [5, 5.41) is 26.6. The Morgan fingerprint density at radius 2 is 2.09 bits per heavy atom. The maximum absolute atomic E-state index is 9.07. The molecule has 0 aromatic rings. The Balaban J connectivity index is 0.000001000. The first-order chi connectivity index (χ1) is 4.75. The number of aliphatic hydroxyl groups is 3. The van der Waals surface area contributed by atoms with Crippen molar-refractivity contribution in [2.45, 2.75) is 18.3 Å². The van der Waals surface area contributed by atoms with E-state index >= 15 is 0 Å². The molecule has 0 aliphatic carbocycles. The Morgan fingerprint density at radius 1 is 1.45 bits per heavy atom. The summed E-state index contributed by atoms with van der Waals surface area (Å²) in [7, 11) is 0. The molecule has 0 spiro atoms. The van der Waals surface area contributed by atoms with Crippen LogP contribution in [-0.2, 0) is 37.4 Å². The summed E-state index contributed by atoms with van der Waals surface area (Å²) in [6.07, 6.45) is -1.04. The van der Waals surface area contributed by atoms with E-state index < -0.39 is 18.3 Å². The van der Waals surface area contributed by atoms with Gasteiger partial charge in [0.05, 0.1) is 12.7 Å². The third kappa shape index (κ3) is 3.05. The zero-order valence-corrected chi connectivity index (χ0v) is 8.89. The molecule has 1 radical (unpaired) electrons. The second kappa shape index (κ2) is 5.57. The molecule has 5 heteroatoms. The standard InChI is InChI=1S/C6H11O4.Y/c7-3-5-6(9)4(8)1-2-10-5;/h1,4-9H,2-3H2;/q-1;/t4?,5?,6-;/m1./s1. The fourth-order valence-electron chi connectivity index (χ4n) is 0.896. The van der Waals surface area contributed by atoms with E-state index in [-0.39, 0.29) is 45.9 Å². The summed E-state index contributed by atoms with van der Waals surface area (Å²) in [5.74, 6) is 0. The van der Waals surface area contributed by atoms with Crippen LogP contribution in [0.15, 0.2) is 0 Å². The third-order valence-corrected chi connectivity index (χ3v) is 1.56. The Morgan fingerprint density at radius 3 is 2.55 bits per heavy atom. The number of ether oxygens (including phenoxy) is 1. The van der Waals surface area contributed by atoms with Crippen LogP contribution in [0.25, 0.3) is 0 Å². The zero-order chi connectivity index (χ0) is 7.56. The van der Waals surface area contributed by atoms with Gasteiger partial charge in [0.25, 0.3) is 0 Å². The number of hydrogen-bond acceptors (Lipinski definition) is 4. The Bertz CT molecular complexity index is 111. The second-order valence-electron chi connectivity index (χ2n) is 2.27. The molecule has 63 valence electrons. The van der Waals surface area contributed by atoms with Crippen molar-refractivity contribution in [3.05, 3.63) is 6.42 Å². The van der Waals surface area contributed by atoms with Gasteiger partial charge in [-0.1, -0.05) is 6.61 Å². The van der Waals surface area contributed by atoms with Crippen molar-refractivity contribution in [1.29, 1.82) is 0 Å². The van der Waals surface area contributed by atoms with Crippen LogP contribution < -0.4 is 0 Å². The summed E-state index contributed by atoms with van der Waals surface area (Å²) < 4.78 is 4.89. The summed E-state index contributed by atoms with van der Waals surface area (Å²) in [6, 6.07) is 0. The van der Waals surface area contributed by atoms with E-state index in [2.05, 4.69) is 0 Å². The largest absolute Gasteiger partial charge is 0.422 e.